The van der Waals surface area contributed by atoms with Crippen molar-refractivity contribution in [2.24, 2.45) is 5.92 Å². The first-order chi connectivity index (χ1) is 7.50. The molecule has 1 saturated heterocycles. The minimum atomic E-state index is -0.349. The van der Waals surface area contributed by atoms with Gasteiger partial charge in [-0.25, -0.2) is 0 Å². The van der Waals surface area contributed by atoms with Gasteiger partial charge in [-0.15, -0.1) is 11.8 Å². The number of piperidine rings is 1. The summed E-state index contributed by atoms with van der Waals surface area (Å²) in [5.74, 6) is 1.36. The molecule has 1 rings (SSSR count). The molecule has 3 unspecified atom stereocenters. The number of hydrogen-bond donors (Lipinski definition) is 1. The Morgan fingerprint density at radius 2 is 2.25 bits per heavy atom. The molecule has 1 fully saturated rings. The third-order valence-electron chi connectivity index (χ3n) is 3.16. The standard InChI is InChI=1S/C12H23NO2S/c1-9-5-4-6-13(7-9)12(15)8-16-11(3)10(2)14/h9-11,14H,4-8H2,1-3H3. The summed E-state index contributed by atoms with van der Waals surface area (Å²) in [5.41, 5.74) is 0. The van der Waals surface area contributed by atoms with Gasteiger partial charge in [0.15, 0.2) is 0 Å². The van der Waals surface area contributed by atoms with Gasteiger partial charge in [-0.05, 0) is 25.7 Å². The number of carbonyl (C=O) groups excluding carboxylic acids is 1. The molecule has 16 heavy (non-hydrogen) atoms. The van der Waals surface area contributed by atoms with Crippen molar-refractivity contribution in [1.29, 1.82) is 0 Å². The lowest BCUT2D eigenvalue weighted by atomic mass is 10.0. The van der Waals surface area contributed by atoms with E-state index in [1.54, 1.807) is 18.7 Å². The van der Waals surface area contributed by atoms with Crippen molar-refractivity contribution in [3.05, 3.63) is 0 Å². The summed E-state index contributed by atoms with van der Waals surface area (Å²) >= 11 is 1.55. The van der Waals surface area contributed by atoms with Gasteiger partial charge in [0.1, 0.15) is 0 Å². The van der Waals surface area contributed by atoms with Gasteiger partial charge in [0, 0.05) is 18.3 Å². The third-order valence-corrected chi connectivity index (χ3v) is 4.49. The molecule has 94 valence electrons. The molecule has 1 amide bonds. The van der Waals surface area contributed by atoms with E-state index in [4.69, 9.17) is 0 Å². The number of likely N-dealkylation sites (tertiary alicyclic amines) is 1. The van der Waals surface area contributed by atoms with E-state index in [-0.39, 0.29) is 17.3 Å². The van der Waals surface area contributed by atoms with E-state index in [9.17, 15) is 9.90 Å². The smallest absolute Gasteiger partial charge is 0.232 e. The van der Waals surface area contributed by atoms with Crippen molar-refractivity contribution >= 4 is 17.7 Å². The van der Waals surface area contributed by atoms with Gasteiger partial charge >= 0.3 is 0 Å². The second kappa shape index (κ2) is 6.50. The first-order valence-electron chi connectivity index (χ1n) is 6.08. The van der Waals surface area contributed by atoms with Crippen LogP contribution in [-0.4, -0.2) is 46.1 Å². The third kappa shape index (κ3) is 4.34. The molecule has 1 heterocycles. The number of carbonyl (C=O) groups is 1. The predicted molar refractivity (Wildman–Crippen MR) is 68.6 cm³/mol. The lowest BCUT2D eigenvalue weighted by Crippen LogP contribution is -2.40. The number of nitrogens with zero attached hydrogens (tertiary/aromatic N) is 1. The lowest BCUT2D eigenvalue weighted by molar-refractivity contribution is -0.130. The fourth-order valence-electron chi connectivity index (χ4n) is 1.85. The summed E-state index contributed by atoms with van der Waals surface area (Å²) in [6.45, 7) is 7.74. The number of amides is 1. The molecule has 1 N–H and O–H groups in total. The summed E-state index contributed by atoms with van der Waals surface area (Å²) in [5, 5.41) is 9.47. The average Bonchev–Trinajstić information content (AvgIpc) is 2.25. The van der Waals surface area contributed by atoms with Gasteiger partial charge in [-0.2, -0.15) is 0 Å². The largest absolute Gasteiger partial charge is 0.392 e. The highest BCUT2D eigenvalue weighted by atomic mass is 32.2. The van der Waals surface area contributed by atoms with Crippen molar-refractivity contribution in [1.82, 2.24) is 4.90 Å². The van der Waals surface area contributed by atoms with Crippen LogP contribution in [0.4, 0.5) is 0 Å². The highest BCUT2D eigenvalue weighted by Gasteiger charge is 2.21. The van der Waals surface area contributed by atoms with Crippen molar-refractivity contribution in [3.63, 3.8) is 0 Å². The second-order valence-corrected chi connectivity index (χ2v) is 6.21. The Morgan fingerprint density at radius 3 is 2.81 bits per heavy atom. The number of rotatable bonds is 4. The zero-order valence-corrected chi connectivity index (χ0v) is 11.3. The topological polar surface area (TPSA) is 40.5 Å². The summed E-state index contributed by atoms with van der Waals surface area (Å²) in [6.07, 6.45) is 2.02. The number of hydrogen-bond acceptors (Lipinski definition) is 3. The molecular weight excluding hydrogens is 222 g/mol. The Morgan fingerprint density at radius 1 is 1.56 bits per heavy atom. The zero-order chi connectivity index (χ0) is 12.1. The quantitative estimate of drug-likeness (QED) is 0.820. The number of aliphatic hydroxyl groups excluding tert-OH is 1. The van der Waals surface area contributed by atoms with Crippen LogP contribution >= 0.6 is 11.8 Å². The molecule has 0 aromatic heterocycles. The van der Waals surface area contributed by atoms with E-state index < -0.39 is 0 Å². The van der Waals surface area contributed by atoms with E-state index >= 15 is 0 Å². The summed E-state index contributed by atoms with van der Waals surface area (Å²) in [4.78, 5) is 13.9. The average molecular weight is 245 g/mol. The fraction of sp³-hybridized carbons (Fsp3) is 0.917. The van der Waals surface area contributed by atoms with Gasteiger partial charge in [-0.3, -0.25) is 4.79 Å². The minimum absolute atomic E-state index is 0.131. The Bertz CT molecular complexity index is 233. The maximum atomic E-state index is 11.9. The minimum Gasteiger partial charge on any atom is -0.392 e. The van der Waals surface area contributed by atoms with Crippen LogP contribution in [-0.2, 0) is 4.79 Å². The van der Waals surface area contributed by atoms with Crippen LogP contribution in [0.3, 0.4) is 0 Å². The normalized spacial score (nSPS) is 25.2. The number of thioether (sulfide) groups is 1. The molecule has 0 saturated carbocycles. The van der Waals surface area contributed by atoms with E-state index in [2.05, 4.69) is 6.92 Å². The molecule has 3 atom stereocenters. The van der Waals surface area contributed by atoms with Gasteiger partial charge in [0.25, 0.3) is 0 Å². The van der Waals surface area contributed by atoms with Crippen molar-refractivity contribution < 1.29 is 9.90 Å². The maximum Gasteiger partial charge on any atom is 0.232 e. The molecule has 0 aromatic carbocycles. The van der Waals surface area contributed by atoms with Crippen LogP contribution in [0.15, 0.2) is 0 Å². The van der Waals surface area contributed by atoms with Crippen LogP contribution in [0.2, 0.25) is 0 Å². The fourth-order valence-corrected chi connectivity index (χ4v) is 2.72. The first-order valence-corrected chi connectivity index (χ1v) is 7.13. The molecule has 0 aromatic rings. The highest BCUT2D eigenvalue weighted by molar-refractivity contribution is 8.00. The molecule has 0 aliphatic carbocycles. The van der Waals surface area contributed by atoms with Gasteiger partial charge in [-0.1, -0.05) is 13.8 Å². The molecule has 4 heteroatoms. The van der Waals surface area contributed by atoms with Crippen LogP contribution in [0, 0.1) is 5.92 Å². The number of aliphatic hydroxyl groups is 1. The lowest BCUT2D eigenvalue weighted by Gasteiger charge is -2.31. The summed E-state index contributed by atoms with van der Waals surface area (Å²) in [7, 11) is 0. The van der Waals surface area contributed by atoms with Crippen LogP contribution < -0.4 is 0 Å². The Balaban J connectivity index is 2.29. The van der Waals surface area contributed by atoms with Crippen molar-refractivity contribution in [3.8, 4) is 0 Å². The molecule has 0 spiro atoms. The first kappa shape index (κ1) is 13.8. The van der Waals surface area contributed by atoms with Crippen molar-refractivity contribution in [2.45, 2.75) is 45.0 Å². The van der Waals surface area contributed by atoms with Crippen LogP contribution in [0.25, 0.3) is 0 Å². The zero-order valence-electron chi connectivity index (χ0n) is 10.5. The molecule has 0 radical (unpaired) electrons. The van der Waals surface area contributed by atoms with Gasteiger partial charge < -0.3 is 10.0 Å². The van der Waals surface area contributed by atoms with E-state index in [1.165, 1.54) is 6.42 Å². The SMILES string of the molecule is CC1CCCN(C(=O)CSC(C)C(C)O)C1. The molecule has 3 nitrogen and oxygen atoms in total. The second-order valence-electron chi connectivity index (χ2n) is 4.84. The Kier molecular flexibility index (Phi) is 5.62. The maximum absolute atomic E-state index is 11.9. The molecule has 1 aliphatic heterocycles. The van der Waals surface area contributed by atoms with Gasteiger partial charge in [0.05, 0.1) is 11.9 Å². The Hall–Kier alpha value is -0.220. The van der Waals surface area contributed by atoms with E-state index in [0.717, 1.165) is 19.5 Å². The molecular formula is C12H23NO2S. The van der Waals surface area contributed by atoms with Gasteiger partial charge in [0.2, 0.25) is 5.91 Å². The Labute approximate surface area is 103 Å². The van der Waals surface area contributed by atoms with E-state index in [1.807, 2.05) is 11.8 Å². The van der Waals surface area contributed by atoms with Crippen molar-refractivity contribution in [2.75, 3.05) is 18.8 Å². The predicted octanol–water partition coefficient (Wildman–Crippen LogP) is 1.75. The highest BCUT2D eigenvalue weighted by Crippen LogP contribution is 2.19. The summed E-state index contributed by atoms with van der Waals surface area (Å²) < 4.78 is 0. The van der Waals surface area contributed by atoms with E-state index in [0.29, 0.717) is 11.7 Å². The van der Waals surface area contributed by atoms with Crippen LogP contribution in [0.1, 0.15) is 33.6 Å². The summed E-state index contributed by atoms with van der Waals surface area (Å²) in [6, 6.07) is 0. The van der Waals surface area contributed by atoms with Crippen LogP contribution in [0.5, 0.6) is 0 Å². The molecule has 1 aliphatic rings. The molecule has 0 bridgehead atoms. The monoisotopic (exact) mass is 245 g/mol.